The van der Waals surface area contributed by atoms with Gasteiger partial charge in [-0.05, 0) is 31.4 Å². The normalized spacial score (nSPS) is 19.3. The fourth-order valence-electron chi connectivity index (χ4n) is 4.00. The Bertz CT molecular complexity index is 901. The minimum Gasteiger partial charge on any atom is -0.493 e. The fraction of sp³-hybridized carbons (Fsp3) is 0.500. The van der Waals surface area contributed by atoms with Gasteiger partial charge in [0.1, 0.15) is 5.82 Å². The summed E-state index contributed by atoms with van der Waals surface area (Å²) < 4.78 is 18.1. The highest BCUT2D eigenvalue weighted by Crippen LogP contribution is 2.28. The molecule has 0 spiro atoms. The van der Waals surface area contributed by atoms with Crippen molar-refractivity contribution >= 4 is 17.6 Å². The zero-order valence-corrected chi connectivity index (χ0v) is 17.7. The summed E-state index contributed by atoms with van der Waals surface area (Å²) in [6, 6.07) is 9.21. The summed E-state index contributed by atoms with van der Waals surface area (Å²) >= 11 is 0. The average Bonchev–Trinajstić information content (AvgIpc) is 3.50. The van der Waals surface area contributed by atoms with Crippen molar-refractivity contribution in [2.24, 2.45) is 5.92 Å². The Kier molecular flexibility index (Phi) is 6.71. The van der Waals surface area contributed by atoms with Crippen LogP contribution in [0.5, 0.6) is 11.5 Å². The Morgan fingerprint density at radius 3 is 2.65 bits per heavy atom. The van der Waals surface area contributed by atoms with Gasteiger partial charge in [0.15, 0.2) is 18.1 Å². The van der Waals surface area contributed by atoms with Crippen LogP contribution in [0.2, 0.25) is 0 Å². The first-order valence-corrected chi connectivity index (χ1v) is 10.6. The summed E-state index contributed by atoms with van der Waals surface area (Å²) in [5.74, 6) is 1.66. The van der Waals surface area contributed by atoms with Gasteiger partial charge in [0.25, 0.3) is 5.91 Å². The van der Waals surface area contributed by atoms with Gasteiger partial charge in [-0.2, -0.15) is 5.10 Å². The molecule has 0 radical (unpaired) electrons. The number of methoxy groups -OCH3 is 1. The van der Waals surface area contributed by atoms with Crippen LogP contribution in [-0.4, -0.2) is 66.5 Å². The number of piperidine rings is 1. The number of para-hydroxylation sites is 2. The maximum Gasteiger partial charge on any atom is 0.260 e. The molecule has 2 aliphatic rings. The van der Waals surface area contributed by atoms with Crippen molar-refractivity contribution in [3.05, 3.63) is 36.5 Å². The molecule has 2 aliphatic heterocycles. The van der Waals surface area contributed by atoms with Crippen LogP contribution in [0.3, 0.4) is 0 Å². The maximum atomic E-state index is 12.6. The Hall–Kier alpha value is -3.07. The van der Waals surface area contributed by atoms with Crippen molar-refractivity contribution < 1.29 is 23.8 Å². The molecule has 9 heteroatoms. The van der Waals surface area contributed by atoms with E-state index >= 15 is 0 Å². The summed E-state index contributed by atoms with van der Waals surface area (Å²) in [6.45, 7) is 2.30. The lowest BCUT2D eigenvalue weighted by Crippen LogP contribution is -2.41. The smallest absolute Gasteiger partial charge is 0.260 e. The van der Waals surface area contributed by atoms with E-state index in [-0.39, 0.29) is 30.4 Å². The highest BCUT2D eigenvalue weighted by molar-refractivity contribution is 5.92. The molecule has 2 saturated heterocycles. The van der Waals surface area contributed by atoms with E-state index in [1.54, 1.807) is 25.4 Å². The van der Waals surface area contributed by atoms with E-state index in [1.807, 2.05) is 27.8 Å². The number of hydrogen-bond acceptors (Lipinski definition) is 6. The van der Waals surface area contributed by atoms with Gasteiger partial charge in [-0.15, -0.1) is 0 Å². The van der Waals surface area contributed by atoms with Gasteiger partial charge in [-0.25, -0.2) is 4.68 Å². The van der Waals surface area contributed by atoms with Crippen molar-refractivity contribution in [1.82, 2.24) is 14.7 Å². The Morgan fingerprint density at radius 2 is 1.94 bits per heavy atom. The Labute approximate surface area is 181 Å². The summed E-state index contributed by atoms with van der Waals surface area (Å²) in [5.41, 5.74) is 0. The first-order valence-electron chi connectivity index (χ1n) is 10.6. The molecule has 1 N–H and O–H groups in total. The molecule has 0 bridgehead atoms. The minimum absolute atomic E-state index is 0.0275. The molecule has 2 amide bonds. The monoisotopic (exact) mass is 428 g/mol. The number of benzene rings is 1. The number of aromatic nitrogens is 2. The van der Waals surface area contributed by atoms with Gasteiger partial charge < -0.3 is 24.4 Å². The summed E-state index contributed by atoms with van der Waals surface area (Å²) in [4.78, 5) is 26.8. The van der Waals surface area contributed by atoms with E-state index in [0.717, 1.165) is 19.3 Å². The molecule has 3 heterocycles. The number of hydrogen-bond donors (Lipinski definition) is 1. The van der Waals surface area contributed by atoms with Crippen molar-refractivity contribution in [2.45, 2.75) is 25.3 Å². The van der Waals surface area contributed by atoms with Gasteiger partial charge in [0, 0.05) is 25.8 Å². The van der Waals surface area contributed by atoms with Crippen LogP contribution < -0.4 is 14.8 Å². The van der Waals surface area contributed by atoms with Gasteiger partial charge in [-0.3, -0.25) is 9.59 Å². The van der Waals surface area contributed by atoms with Crippen LogP contribution in [0.15, 0.2) is 36.5 Å². The maximum absolute atomic E-state index is 12.6. The predicted octanol–water partition coefficient (Wildman–Crippen LogP) is 2.11. The van der Waals surface area contributed by atoms with Crippen LogP contribution in [0.25, 0.3) is 0 Å². The van der Waals surface area contributed by atoms with Crippen LogP contribution in [0.4, 0.5) is 5.82 Å². The zero-order chi connectivity index (χ0) is 21.6. The largest absolute Gasteiger partial charge is 0.493 e. The lowest BCUT2D eigenvalue weighted by atomic mass is 10.1. The molecular formula is C22H28N4O5. The second-order valence-electron chi connectivity index (χ2n) is 7.76. The number of nitrogens with zero attached hydrogens (tertiary/aromatic N) is 3. The number of carbonyl (C=O) groups excluding carboxylic acids is 2. The molecule has 0 unspecified atom stereocenters. The van der Waals surface area contributed by atoms with Crippen molar-refractivity contribution in [2.75, 3.05) is 45.3 Å². The third-order valence-corrected chi connectivity index (χ3v) is 5.81. The molecule has 1 aromatic carbocycles. The lowest BCUT2D eigenvalue weighted by Gasteiger charge is -2.32. The van der Waals surface area contributed by atoms with Gasteiger partial charge in [-0.1, -0.05) is 12.1 Å². The Morgan fingerprint density at radius 1 is 1.16 bits per heavy atom. The van der Waals surface area contributed by atoms with Crippen LogP contribution >= 0.6 is 0 Å². The minimum atomic E-state index is -0.106. The number of rotatable bonds is 7. The standard InChI is InChI=1S/C22H28N4O5/c1-29-18-4-2-3-5-19(18)31-15-21(27)25-11-7-17(8-12-25)26-20(6-10-23-26)24-22(28)16-9-13-30-14-16/h2-6,10,16-17H,7-9,11-15H2,1H3,(H,24,28)/t16-/m1/s1. The molecule has 2 fully saturated rings. The SMILES string of the molecule is COc1ccccc1OCC(=O)N1CCC(n2nccc2NC(=O)[C@@H]2CCOC2)CC1. The molecule has 9 nitrogen and oxygen atoms in total. The molecule has 0 saturated carbocycles. The fourth-order valence-corrected chi connectivity index (χ4v) is 4.00. The number of nitrogens with one attached hydrogen (secondary N) is 1. The molecule has 2 aromatic rings. The molecule has 1 aromatic heterocycles. The van der Waals surface area contributed by atoms with Gasteiger partial charge in [0.05, 0.1) is 31.9 Å². The number of likely N-dealkylation sites (tertiary alicyclic amines) is 1. The second kappa shape index (κ2) is 9.82. The zero-order valence-electron chi connectivity index (χ0n) is 17.7. The predicted molar refractivity (Wildman–Crippen MR) is 113 cm³/mol. The third-order valence-electron chi connectivity index (χ3n) is 5.81. The third kappa shape index (κ3) is 4.99. The topological polar surface area (TPSA) is 94.9 Å². The van der Waals surface area contributed by atoms with E-state index in [9.17, 15) is 9.59 Å². The van der Waals surface area contributed by atoms with E-state index in [1.165, 1.54) is 0 Å². The van der Waals surface area contributed by atoms with Crippen molar-refractivity contribution in [3.63, 3.8) is 0 Å². The van der Waals surface area contributed by atoms with Gasteiger partial charge >= 0.3 is 0 Å². The van der Waals surface area contributed by atoms with Gasteiger partial charge in [0.2, 0.25) is 5.91 Å². The highest BCUT2D eigenvalue weighted by atomic mass is 16.5. The van der Waals surface area contributed by atoms with Crippen LogP contribution in [-0.2, 0) is 14.3 Å². The van der Waals surface area contributed by atoms with E-state index in [4.69, 9.17) is 14.2 Å². The van der Waals surface area contributed by atoms with E-state index < -0.39 is 0 Å². The quantitative estimate of drug-likeness (QED) is 0.726. The van der Waals surface area contributed by atoms with Crippen LogP contribution in [0.1, 0.15) is 25.3 Å². The van der Waals surface area contributed by atoms with E-state index in [0.29, 0.717) is 43.6 Å². The molecule has 4 rings (SSSR count). The molecule has 1 atom stereocenters. The molecule has 166 valence electrons. The highest BCUT2D eigenvalue weighted by Gasteiger charge is 2.28. The number of amides is 2. The van der Waals surface area contributed by atoms with E-state index in [2.05, 4.69) is 10.4 Å². The molecule has 31 heavy (non-hydrogen) atoms. The molecule has 0 aliphatic carbocycles. The number of carbonyl (C=O) groups is 2. The second-order valence-corrected chi connectivity index (χ2v) is 7.76. The first kappa shape index (κ1) is 21.2. The van der Waals surface area contributed by atoms with Crippen LogP contribution in [0, 0.1) is 5.92 Å². The summed E-state index contributed by atoms with van der Waals surface area (Å²) in [5, 5.41) is 7.40. The summed E-state index contributed by atoms with van der Waals surface area (Å²) in [7, 11) is 1.57. The lowest BCUT2D eigenvalue weighted by molar-refractivity contribution is -0.134. The number of anilines is 1. The summed E-state index contributed by atoms with van der Waals surface area (Å²) in [6.07, 6.45) is 3.96. The van der Waals surface area contributed by atoms with Crippen molar-refractivity contribution in [3.8, 4) is 11.5 Å². The first-order chi connectivity index (χ1) is 15.2. The average molecular weight is 428 g/mol. The number of ether oxygens (including phenoxy) is 3. The Balaban J connectivity index is 1.28. The molecular weight excluding hydrogens is 400 g/mol. The van der Waals surface area contributed by atoms with Crippen molar-refractivity contribution in [1.29, 1.82) is 0 Å².